The lowest BCUT2D eigenvalue weighted by atomic mass is 9.88. The highest BCUT2D eigenvalue weighted by molar-refractivity contribution is 5.95. The van der Waals surface area contributed by atoms with Crippen LogP contribution < -0.4 is 14.5 Å². The van der Waals surface area contributed by atoms with E-state index in [0.29, 0.717) is 6.54 Å². The molecule has 0 atom stereocenters. The monoisotopic (exact) mass is 368 g/mol. The second-order valence-corrected chi connectivity index (χ2v) is 7.15. The summed E-state index contributed by atoms with van der Waals surface area (Å²) in [5.41, 5.74) is 1.67. The number of phenolic OH excluding ortho intramolecular Hbond substituents is 1. The zero-order valence-electron chi connectivity index (χ0n) is 15.4. The van der Waals surface area contributed by atoms with Crippen LogP contribution in [0.1, 0.15) is 12.8 Å². The Hall–Kier alpha value is -2.73. The smallest absolute Gasteiger partial charge is 0.253 e. The topological polar surface area (TPSA) is 62.2 Å². The van der Waals surface area contributed by atoms with Gasteiger partial charge in [-0.1, -0.05) is 0 Å². The summed E-state index contributed by atoms with van der Waals surface area (Å²) >= 11 is 0. The van der Waals surface area contributed by atoms with Crippen molar-refractivity contribution in [2.45, 2.75) is 18.4 Å². The van der Waals surface area contributed by atoms with Crippen LogP contribution >= 0.6 is 0 Å². The standard InChI is InChI=1S/C21H24N2O4/c1-26-19-8-4-17(5-9-19)23-15-21(27-14-20(23)25)10-12-22(13-11-21)16-2-6-18(24)7-3-16/h2-9,24H,10-15H2,1H3. The molecule has 2 heterocycles. The Bertz CT molecular complexity index is 796. The molecule has 2 saturated heterocycles. The minimum absolute atomic E-state index is 0.00763. The molecule has 1 N–H and O–H groups in total. The largest absolute Gasteiger partial charge is 0.508 e. The van der Waals surface area contributed by atoms with Gasteiger partial charge in [-0.05, 0) is 61.4 Å². The molecule has 4 rings (SSSR count). The Balaban J connectivity index is 1.46. The third-order valence-electron chi connectivity index (χ3n) is 5.52. The van der Waals surface area contributed by atoms with E-state index in [9.17, 15) is 9.90 Å². The molecule has 0 unspecified atom stereocenters. The van der Waals surface area contributed by atoms with Crippen LogP contribution in [0.5, 0.6) is 11.5 Å². The van der Waals surface area contributed by atoms with Crippen LogP contribution in [0.4, 0.5) is 11.4 Å². The number of nitrogens with zero attached hydrogens (tertiary/aromatic N) is 2. The summed E-state index contributed by atoms with van der Waals surface area (Å²) in [4.78, 5) is 16.6. The molecule has 0 radical (unpaired) electrons. The van der Waals surface area contributed by atoms with Crippen molar-refractivity contribution >= 4 is 17.3 Å². The molecule has 1 amide bonds. The molecule has 0 aliphatic carbocycles. The minimum atomic E-state index is -0.304. The maximum absolute atomic E-state index is 12.4. The van der Waals surface area contributed by atoms with Crippen LogP contribution in [0.3, 0.4) is 0 Å². The summed E-state index contributed by atoms with van der Waals surface area (Å²) in [6.07, 6.45) is 1.71. The zero-order valence-corrected chi connectivity index (χ0v) is 15.4. The number of amides is 1. The normalized spacial score (nSPS) is 19.4. The average Bonchev–Trinajstić information content (AvgIpc) is 2.71. The molecule has 27 heavy (non-hydrogen) atoms. The molecule has 142 valence electrons. The quantitative estimate of drug-likeness (QED) is 0.903. The Morgan fingerprint density at radius 1 is 1.00 bits per heavy atom. The van der Waals surface area contributed by atoms with E-state index in [1.165, 1.54) is 0 Å². The van der Waals surface area contributed by atoms with E-state index in [2.05, 4.69) is 4.90 Å². The molecule has 0 saturated carbocycles. The van der Waals surface area contributed by atoms with E-state index < -0.39 is 0 Å². The van der Waals surface area contributed by atoms with Crippen LogP contribution in [-0.4, -0.2) is 50.0 Å². The van der Waals surface area contributed by atoms with E-state index in [-0.39, 0.29) is 23.9 Å². The maximum atomic E-state index is 12.4. The van der Waals surface area contributed by atoms with Crippen molar-refractivity contribution in [3.63, 3.8) is 0 Å². The van der Waals surface area contributed by atoms with Crippen molar-refractivity contribution in [2.75, 3.05) is 43.2 Å². The molecule has 0 bridgehead atoms. The van der Waals surface area contributed by atoms with Gasteiger partial charge >= 0.3 is 0 Å². The molecule has 2 aromatic carbocycles. The number of hydrogen-bond acceptors (Lipinski definition) is 5. The number of benzene rings is 2. The molecule has 0 aromatic heterocycles. The number of rotatable bonds is 3. The summed E-state index contributed by atoms with van der Waals surface area (Å²) in [5.74, 6) is 1.04. The van der Waals surface area contributed by atoms with Crippen molar-refractivity contribution < 1.29 is 19.4 Å². The van der Waals surface area contributed by atoms with Crippen LogP contribution in [0, 0.1) is 0 Å². The Morgan fingerprint density at radius 3 is 2.26 bits per heavy atom. The zero-order chi connectivity index (χ0) is 18.9. The van der Waals surface area contributed by atoms with Gasteiger partial charge in [0, 0.05) is 24.5 Å². The number of piperidine rings is 1. The average molecular weight is 368 g/mol. The van der Waals surface area contributed by atoms with Crippen LogP contribution in [0.15, 0.2) is 48.5 Å². The molecular weight excluding hydrogens is 344 g/mol. The number of phenols is 1. The lowest BCUT2D eigenvalue weighted by Crippen LogP contribution is -2.59. The van der Waals surface area contributed by atoms with Gasteiger partial charge in [0.05, 0.1) is 19.3 Å². The maximum Gasteiger partial charge on any atom is 0.253 e. The summed E-state index contributed by atoms with van der Waals surface area (Å²) in [5, 5.41) is 9.47. The molecule has 2 aliphatic rings. The van der Waals surface area contributed by atoms with E-state index in [0.717, 1.165) is 43.1 Å². The van der Waals surface area contributed by atoms with Crippen molar-refractivity contribution in [3.8, 4) is 11.5 Å². The summed E-state index contributed by atoms with van der Waals surface area (Å²) in [6, 6.07) is 14.9. The summed E-state index contributed by atoms with van der Waals surface area (Å²) < 4.78 is 11.2. The molecule has 2 fully saturated rings. The third-order valence-corrected chi connectivity index (χ3v) is 5.52. The van der Waals surface area contributed by atoms with Crippen LogP contribution in [0.25, 0.3) is 0 Å². The Labute approximate surface area is 158 Å². The Morgan fingerprint density at radius 2 is 1.63 bits per heavy atom. The summed E-state index contributed by atoms with van der Waals surface area (Å²) in [7, 11) is 1.63. The first-order chi connectivity index (χ1) is 13.1. The van der Waals surface area contributed by atoms with Gasteiger partial charge in [-0.15, -0.1) is 0 Å². The number of methoxy groups -OCH3 is 1. The number of hydrogen-bond donors (Lipinski definition) is 1. The first-order valence-electron chi connectivity index (χ1n) is 9.21. The van der Waals surface area contributed by atoms with Crippen molar-refractivity contribution in [2.24, 2.45) is 0 Å². The highest BCUT2D eigenvalue weighted by Gasteiger charge is 2.42. The number of aromatic hydroxyl groups is 1. The third kappa shape index (κ3) is 3.57. The summed E-state index contributed by atoms with van der Waals surface area (Å²) in [6.45, 7) is 2.40. The number of ether oxygens (including phenoxy) is 2. The van der Waals surface area contributed by atoms with Crippen molar-refractivity contribution in [3.05, 3.63) is 48.5 Å². The van der Waals surface area contributed by atoms with Crippen LogP contribution in [0.2, 0.25) is 0 Å². The first kappa shape index (κ1) is 17.7. The van der Waals surface area contributed by atoms with E-state index in [1.807, 2.05) is 41.3 Å². The SMILES string of the molecule is COc1ccc(N2CC3(CCN(c4ccc(O)cc4)CC3)OCC2=O)cc1. The van der Waals surface area contributed by atoms with E-state index >= 15 is 0 Å². The van der Waals surface area contributed by atoms with Gasteiger partial charge in [-0.2, -0.15) is 0 Å². The fourth-order valence-electron chi connectivity index (χ4n) is 3.85. The number of carbonyl (C=O) groups is 1. The van der Waals surface area contributed by atoms with E-state index in [4.69, 9.17) is 9.47 Å². The van der Waals surface area contributed by atoms with Gasteiger partial charge in [-0.25, -0.2) is 0 Å². The molecule has 6 heteroatoms. The minimum Gasteiger partial charge on any atom is -0.508 e. The van der Waals surface area contributed by atoms with E-state index in [1.54, 1.807) is 19.2 Å². The number of morpholine rings is 1. The molecule has 2 aromatic rings. The second kappa shape index (κ2) is 7.12. The molecule has 1 spiro atoms. The second-order valence-electron chi connectivity index (χ2n) is 7.15. The van der Waals surface area contributed by atoms with Crippen LogP contribution in [-0.2, 0) is 9.53 Å². The van der Waals surface area contributed by atoms with Gasteiger partial charge < -0.3 is 24.4 Å². The van der Waals surface area contributed by atoms with Gasteiger partial charge in [-0.3, -0.25) is 4.79 Å². The van der Waals surface area contributed by atoms with Crippen molar-refractivity contribution in [1.82, 2.24) is 0 Å². The fraction of sp³-hybridized carbons (Fsp3) is 0.381. The number of anilines is 2. The first-order valence-corrected chi connectivity index (χ1v) is 9.21. The van der Waals surface area contributed by atoms with Crippen molar-refractivity contribution in [1.29, 1.82) is 0 Å². The lowest BCUT2D eigenvalue weighted by molar-refractivity contribution is -0.141. The highest BCUT2D eigenvalue weighted by Crippen LogP contribution is 2.35. The fourth-order valence-corrected chi connectivity index (χ4v) is 3.85. The highest BCUT2D eigenvalue weighted by atomic mass is 16.5. The molecule has 2 aliphatic heterocycles. The predicted octanol–water partition coefficient (Wildman–Crippen LogP) is 2.80. The Kier molecular flexibility index (Phi) is 4.66. The van der Waals surface area contributed by atoms with Gasteiger partial charge in [0.1, 0.15) is 18.1 Å². The molecule has 6 nitrogen and oxygen atoms in total. The number of carbonyl (C=O) groups excluding carboxylic acids is 1. The molecular formula is C21H24N2O4. The lowest BCUT2D eigenvalue weighted by Gasteiger charge is -2.47. The van der Waals surface area contributed by atoms with Gasteiger partial charge in [0.25, 0.3) is 5.91 Å². The predicted molar refractivity (Wildman–Crippen MR) is 104 cm³/mol. The van der Waals surface area contributed by atoms with Gasteiger partial charge in [0.15, 0.2) is 0 Å². The van der Waals surface area contributed by atoms with Gasteiger partial charge in [0.2, 0.25) is 0 Å².